The first-order valence-electron chi connectivity index (χ1n) is 4.71. The minimum atomic E-state index is -4.40. The number of aliphatic hydroxyl groups is 1. The molecule has 0 radical (unpaired) electrons. The molecule has 0 aromatic heterocycles. The molecule has 3 atom stereocenters. The molecule has 0 aromatic carbocycles. The van der Waals surface area contributed by atoms with Crippen LogP contribution >= 0.6 is 0 Å². The average Bonchev–Trinajstić information content (AvgIpc) is 2.16. The van der Waals surface area contributed by atoms with Crippen LogP contribution in [0.4, 0.5) is 22.0 Å². The summed E-state index contributed by atoms with van der Waals surface area (Å²) in [6.07, 6.45) is -0.958. The highest BCUT2D eigenvalue weighted by atomic mass is 19.3. The molecular weight excluding hydrogens is 219 g/mol. The number of rotatable bonds is 2. The van der Waals surface area contributed by atoms with Crippen molar-refractivity contribution in [2.75, 3.05) is 0 Å². The molecular formula is C9H13F5O. The molecule has 1 nitrogen and oxygen atoms in total. The van der Waals surface area contributed by atoms with Gasteiger partial charge in [0, 0.05) is 6.42 Å². The second-order valence-corrected chi connectivity index (χ2v) is 4.19. The maximum Gasteiger partial charge on any atom is 0.314 e. The summed E-state index contributed by atoms with van der Waals surface area (Å²) in [6, 6.07) is 0. The zero-order valence-corrected chi connectivity index (χ0v) is 8.41. The third-order valence-electron chi connectivity index (χ3n) is 2.98. The van der Waals surface area contributed by atoms with Crippen LogP contribution in [0.2, 0.25) is 0 Å². The summed E-state index contributed by atoms with van der Waals surface area (Å²) in [5.74, 6) is -15.6. The minimum absolute atomic E-state index is 0.0179. The summed E-state index contributed by atoms with van der Waals surface area (Å²) in [5.41, 5.74) is 0. The van der Waals surface area contributed by atoms with E-state index in [9.17, 15) is 22.0 Å². The number of hydrogen-bond acceptors (Lipinski definition) is 1. The van der Waals surface area contributed by atoms with Crippen molar-refractivity contribution in [3.05, 3.63) is 0 Å². The summed E-state index contributed by atoms with van der Waals surface area (Å²) < 4.78 is 65.4. The van der Waals surface area contributed by atoms with Crippen LogP contribution in [0.5, 0.6) is 0 Å². The quantitative estimate of drug-likeness (QED) is 0.725. The van der Waals surface area contributed by atoms with E-state index in [0.717, 1.165) is 0 Å². The molecule has 1 saturated carbocycles. The van der Waals surface area contributed by atoms with Crippen LogP contribution < -0.4 is 0 Å². The first-order valence-corrected chi connectivity index (χ1v) is 4.71. The Balaban J connectivity index is 3.12. The SMILES string of the molecule is CCC1CC(O)(F)C(F)(F)C1C(C)(F)F. The van der Waals surface area contributed by atoms with E-state index in [-0.39, 0.29) is 6.42 Å². The number of halogens is 5. The van der Waals surface area contributed by atoms with Crippen molar-refractivity contribution < 1.29 is 27.1 Å². The lowest BCUT2D eigenvalue weighted by Crippen LogP contribution is -2.48. The third-order valence-corrected chi connectivity index (χ3v) is 2.98. The Morgan fingerprint density at radius 1 is 1.33 bits per heavy atom. The van der Waals surface area contributed by atoms with Gasteiger partial charge < -0.3 is 5.11 Å². The standard InChI is InChI=1S/C9H13F5O/c1-3-5-4-8(12,15)9(13,14)6(5)7(2,10)11/h5-6,15H,3-4H2,1-2H3. The Labute approximate surface area is 84.3 Å². The number of hydrogen-bond donors (Lipinski definition) is 1. The van der Waals surface area contributed by atoms with Crippen LogP contribution in [0.25, 0.3) is 0 Å². The van der Waals surface area contributed by atoms with Gasteiger partial charge in [0.05, 0.1) is 5.92 Å². The Kier molecular flexibility index (Phi) is 2.79. The molecule has 1 N–H and O–H groups in total. The molecule has 0 saturated heterocycles. The van der Waals surface area contributed by atoms with E-state index >= 15 is 0 Å². The average molecular weight is 232 g/mol. The molecule has 1 aliphatic rings. The predicted octanol–water partition coefficient (Wildman–Crippen LogP) is 2.98. The Bertz CT molecular complexity index is 245. The van der Waals surface area contributed by atoms with Crippen molar-refractivity contribution in [1.82, 2.24) is 0 Å². The van der Waals surface area contributed by atoms with Gasteiger partial charge in [-0.3, -0.25) is 0 Å². The van der Waals surface area contributed by atoms with Gasteiger partial charge in [-0.2, -0.15) is 8.78 Å². The molecule has 0 heterocycles. The molecule has 0 aliphatic heterocycles. The summed E-state index contributed by atoms with van der Waals surface area (Å²) in [6.45, 7) is 1.75. The van der Waals surface area contributed by atoms with Gasteiger partial charge in [0.2, 0.25) is 0 Å². The Morgan fingerprint density at radius 3 is 2.07 bits per heavy atom. The third kappa shape index (κ3) is 1.84. The maximum absolute atomic E-state index is 13.2. The highest BCUT2D eigenvalue weighted by Gasteiger charge is 2.72. The highest BCUT2D eigenvalue weighted by molar-refractivity contribution is 5.05. The van der Waals surface area contributed by atoms with Gasteiger partial charge in [0.25, 0.3) is 11.8 Å². The molecule has 1 rings (SSSR count). The van der Waals surface area contributed by atoms with Crippen molar-refractivity contribution in [1.29, 1.82) is 0 Å². The van der Waals surface area contributed by atoms with Crippen LogP contribution in [-0.2, 0) is 0 Å². The zero-order valence-electron chi connectivity index (χ0n) is 8.41. The second kappa shape index (κ2) is 3.30. The fourth-order valence-corrected chi connectivity index (χ4v) is 2.25. The van der Waals surface area contributed by atoms with E-state index in [4.69, 9.17) is 5.11 Å². The van der Waals surface area contributed by atoms with Crippen LogP contribution in [-0.4, -0.2) is 22.8 Å². The van der Waals surface area contributed by atoms with Crippen molar-refractivity contribution in [2.24, 2.45) is 11.8 Å². The van der Waals surface area contributed by atoms with E-state index in [1.54, 1.807) is 0 Å². The molecule has 15 heavy (non-hydrogen) atoms. The molecule has 6 heteroatoms. The predicted molar refractivity (Wildman–Crippen MR) is 43.5 cm³/mol. The fourth-order valence-electron chi connectivity index (χ4n) is 2.25. The largest absolute Gasteiger partial charge is 0.357 e. The summed E-state index contributed by atoms with van der Waals surface area (Å²) in [4.78, 5) is 0. The van der Waals surface area contributed by atoms with Gasteiger partial charge in [-0.25, -0.2) is 13.2 Å². The first-order chi connectivity index (χ1) is 6.54. The lowest BCUT2D eigenvalue weighted by molar-refractivity contribution is -0.271. The summed E-state index contributed by atoms with van der Waals surface area (Å²) >= 11 is 0. The van der Waals surface area contributed by atoms with E-state index in [0.29, 0.717) is 6.92 Å². The highest BCUT2D eigenvalue weighted by Crippen LogP contribution is 2.57. The molecule has 0 bridgehead atoms. The Morgan fingerprint density at radius 2 is 1.80 bits per heavy atom. The van der Waals surface area contributed by atoms with Crippen molar-refractivity contribution in [2.45, 2.75) is 44.4 Å². The van der Waals surface area contributed by atoms with E-state index in [1.807, 2.05) is 0 Å². The van der Waals surface area contributed by atoms with Crippen molar-refractivity contribution in [3.8, 4) is 0 Å². The second-order valence-electron chi connectivity index (χ2n) is 4.19. The first kappa shape index (κ1) is 12.7. The van der Waals surface area contributed by atoms with Gasteiger partial charge in [0.15, 0.2) is 0 Å². The van der Waals surface area contributed by atoms with Gasteiger partial charge in [0.1, 0.15) is 0 Å². The molecule has 3 unspecified atom stereocenters. The van der Waals surface area contributed by atoms with Gasteiger partial charge in [-0.1, -0.05) is 13.3 Å². The van der Waals surface area contributed by atoms with Crippen LogP contribution in [0.1, 0.15) is 26.7 Å². The van der Waals surface area contributed by atoms with Crippen LogP contribution in [0.3, 0.4) is 0 Å². The normalized spacial score (nSPS) is 40.8. The van der Waals surface area contributed by atoms with E-state index in [2.05, 4.69) is 0 Å². The van der Waals surface area contributed by atoms with E-state index < -0.39 is 36.0 Å². The molecule has 0 amide bonds. The van der Waals surface area contributed by atoms with Crippen LogP contribution in [0, 0.1) is 11.8 Å². The molecule has 1 aliphatic carbocycles. The van der Waals surface area contributed by atoms with Gasteiger partial charge in [-0.05, 0) is 12.8 Å². The van der Waals surface area contributed by atoms with Crippen molar-refractivity contribution >= 4 is 0 Å². The smallest absolute Gasteiger partial charge is 0.314 e. The molecule has 0 aromatic rings. The fraction of sp³-hybridized carbons (Fsp3) is 1.00. The van der Waals surface area contributed by atoms with Gasteiger partial charge >= 0.3 is 5.92 Å². The summed E-state index contributed by atoms with van der Waals surface area (Å²) in [7, 11) is 0. The maximum atomic E-state index is 13.2. The minimum Gasteiger partial charge on any atom is -0.357 e. The van der Waals surface area contributed by atoms with Gasteiger partial charge in [-0.15, -0.1) is 0 Å². The lowest BCUT2D eigenvalue weighted by atomic mass is 9.87. The monoisotopic (exact) mass is 232 g/mol. The molecule has 1 fully saturated rings. The van der Waals surface area contributed by atoms with Crippen LogP contribution in [0.15, 0.2) is 0 Å². The number of alkyl halides is 5. The Hall–Kier alpha value is -0.390. The molecule has 0 spiro atoms. The zero-order chi connectivity index (χ0) is 12.1. The summed E-state index contributed by atoms with van der Waals surface area (Å²) in [5, 5.41) is 8.81. The topological polar surface area (TPSA) is 20.2 Å². The lowest BCUT2D eigenvalue weighted by Gasteiger charge is -2.30. The van der Waals surface area contributed by atoms with Crippen molar-refractivity contribution in [3.63, 3.8) is 0 Å². The molecule has 90 valence electrons. The van der Waals surface area contributed by atoms with E-state index in [1.165, 1.54) is 6.92 Å².